The van der Waals surface area contributed by atoms with Gasteiger partial charge in [0.05, 0.1) is 0 Å². The van der Waals surface area contributed by atoms with Gasteiger partial charge in [-0.1, -0.05) is 57.0 Å². The lowest BCUT2D eigenvalue weighted by Gasteiger charge is -2.36. The summed E-state index contributed by atoms with van der Waals surface area (Å²) in [5, 5.41) is 2.70. The van der Waals surface area contributed by atoms with Gasteiger partial charge in [0.2, 0.25) is 0 Å². The number of likely N-dealkylation sites (tertiary alicyclic amines) is 1. The molecular weight excluding hydrogens is 261 g/mol. The molecule has 0 amide bonds. The molecule has 1 heterocycles. The average molecular weight is 297 g/mol. The summed E-state index contributed by atoms with van der Waals surface area (Å²) < 4.78 is 6.72. The Morgan fingerprint density at radius 1 is 1.05 bits per heavy atom. The van der Waals surface area contributed by atoms with E-state index in [1.54, 1.807) is 0 Å². The molecule has 0 spiro atoms. The second kappa shape index (κ2) is 9.47. The summed E-state index contributed by atoms with van der Waals surface area (Å²) in [5.41, 5.74) is 0. The minimum Gasteiger partial charge on any atom is -0.498 e. The molecule has 1 unspecified atom stereocenters. The molecule has 1 rings (SSSR count). The highest BCUT2D eigenvalue weighted by Gasteiger charge is 2.31. The molecule has 0 saturated carbocycles. The van der Waals surface area contributed by atoms with Crippen LogP contribution in [0.1, 0.15) is 53.9 Å². The molecule has 118 valence electrons. The van der Waals surface area contributed by atoms with Gasteiger partial charge < -0.3 is 8.69 Å². The van der Waals surface area contributed by atoms with Crippen molar-refractivity contribution in [1.82, 2.24) is 4.90 Å². The Hall–Kier alpha value is 0.452. The zero-order valence-corrected chi connectivity index (χ0v) is 15.8. The van der Waals surface area contributed by atoms with Crippen LogP contribution in [-0.2, 0) is 3.79 Å². The summed E-state index contributed by atoms with van der Waals surface area (Å²) >= 11 is -1.03. The van der Waals surface area contributed by atoms with Crippen LogP contribution in [0.15, 0.2) is 0 Å². The molecule has 0 aromatic rings. The first-order valence-corrected chi connectivity index (χ1v) is 10.9. The minimum atomic E-state index is -1.03. The van der Waals surface area contributed by atoms with Crippen molar-refractivity contribution in [1.29, 1.82) is 0 Å². The van der Waals surface area contributed by atoms with Crippen LogP contribution in [0.4, 0.5) is 0 Å². The number of hydrogen-bond donors (Lipinski definition) is 0. The van der Waals surface area contributed by atoms with Crippen molar-refractivity contribution < 1.29 is 3.79 Å². The quantitative estimate of drug-likeness (QED) is 0.615. The first-order chi connectivity index (χ1) is 9.42. The highest BCUT2D eigenvalue weighted by molar-refractivity contribution is 6.52. The Kier molecular flexibility index (Phi) is 8.76. The van der Waals surface area contributed by atoms with E-state index in [2.05, 4.69) is 46.6 Å². The van der Waals surface area contributed by atoms with Crippen LogP contribution in [0.3, 0.4) is 0 Å². The minimum absolute atomic E-state index is 0.540. The highest BCUT2D eigenvalue weighted by atomic mass is 27.2. The molecule has 0 radical (unpaired) electrons. The fourth-order valence-electron chi connectivity index (χ4n) is 3.45. The molecule has 0 aliphatic carbocycles. The van der Waals surface area contributed by atoms with Crippen LogP contribution >= 0.6 is 0 Å². The maximum Gasteiger partial charge on any atom is 0.461 e. The van der Waals surface area contributed by atoms with E-state index in [1.807, 2.05) is 0 Å². The van der Waals surface area contributed by atoms with Crippen LogP contribution in [0.25, 0.3) is 0 Å². The van der Waals surface area contributed by atoms with Gasteiger partial charge in [-0.3, -0.25) is 0 Å². The molecule has 0 aromatic heterocycles. The molecular formula is C17H36AlNO. The Bertz CT molecular complexity index is 239. The topological polar surface area (TPSA) is 12.5 Å². The molecule has 0 N–H and O–H groups in total. The molecule has 1 saturated heterocycles. The Morgan fingerprint density at radius 3 is 1.95 bits per heavy atom. The monoisotopic (exact) mass is 297 g/mol. The summed E-state index contributed by atoms with van der Waals surface area (Å²) in [6.45, 7) is 14.2. The molecule has 1 aliphatic heterocycles. The van der Waals surface area contributed by atoms with Gasteiger partial charge in [-0.15, -0.1) is 0 Å². The normalized spacial score (nSPS) is 19.8. The largest absolute Gasteiger partial charge is 0.498 e. The lowest BCUT2D eigenvalue weighted by molar-refractivity contribution is 0.0788. The first kappa shape index (κ1) is 18.5. The van der Waals surface area contributed by atoms with Gasteiger partial charge >= 0.3 is 14.5 Å². The molecule has 3 heteroatoms. The lowest BCUT2D eigenvalue weighted by atomic mass is 9.90. The van der Waals surface area contributed by atoms with E-state index in [4.69, 9.17) is 3.79 Å². The highest BCUT2D eigenvalue weighted by Crippen LogP contribution is 2.27. The van der Waals surface area contributed by atoms with Gasteiger partial charge in [0.25, 0.3) is 0 Å². The number of nitrogens with zero attached hydrogens (tertiary/aromatic N) is 1. The van der Waals surface area contributed by atoms with Gasteiger partial charge in [0.15, 0.2) is 0 Å². The second-order valence-corrected chi connectivity index (χ2v) is 10.1. The fraction of sp³-hybridized carbons (Fsp3) is 1.00. The molecule has 0 bridgehead atoms. The van der Waals surface area contributed by atoms with E-state index in [0.717, 1.165) is 17.8 Å². The van der Waals surface area contributed by atoms with Crippen molar-refractivity contribution in [3.8, 4) is 0 Å². The van der Waals surface area contributed by atoms with E-state index in [1.165, 1.54) is 42.9 Å². The first-order valence-electron chi connectivity index (χ1n) is 8.76. The van der Waals surface area contributed by atoms with Crippen LogP contribution in [0, 0.1) is 17.8 Å². The maximum atomic E-state index is 6.72. The number of rotatable bonds is 8. The zero-order valence-electron chi connectivity index (χ0n) is 14.7. The van der Waals surface area contributed by atoms with Gasteiger partial charge in [0.1, 0.15) is 0 Å². The van der Waals surface area contributed by atoms with E-state index < -0.39 is 14.5 Å². The summed E-state index contributed by atoms with van der Waals surface area (Å²) in [6, 6.07) is 0. The van der Waals surface area contributed by atoms with Gasteiger partial charge in [-0.05, 0) is 45.3 Å². The summed E-state index contributed by atoms with van der Waals surface area (Å²) in [5.74, 6) is 2.39. The van der Waals surface area contributed by atoms with E-state index >= 15 is 0 Å². The molecule has 1 atom stereocenters. The molecule has 0 aromatic carbocycles. The van der Waals surface area contributed by atoms with Crippen molar-refractivity contribution in [2.75, 3.05) is 20.1 Å². The third kappa shape index (κ3) is 6.94. The molecule has 2 nitrogen and oxygen atoms in total. The standard InChI is InChI=1S/C9H18NO.2C4H9.Al/c1-3-9(11)8-4-6-10(2)7-5-8;2*1-4(2)3;/h8-9H,3-7H2,1-2H3;2*4H,1H2,2-3H3;/q-1;;;+1. The van der Waals surface area contributed by atoms with E-state index in [9.17, 15) is 0 Å². The molecule has 1 aliphatic rings. The van der Waals surface area contributed by atoms with Gasteiger partial charge in [-0.25, -0.2) is 0 Å². The van der Waals surface area contributed by atoms with Crippen LogP contribution in [0.2, 0.25) is 10.6 Å². The van der Waals surface area contributed by atoms with Crippen LogP contribution in [-0.4, -0.2) is 45.6 Å². The summed E-state index contributed by atoms with van der Waals surface area (Å²) in [6.07, 6.45) is 4.41. The predicted octanol–water partition coefficient (Wildman–Crippen LogP) is 4.43. The molecule has 1 fully saturated rings. The summed E-state index contributed by atoms with van der Waals surface area (Å²) in [4.78, 5) is 2.46. The van der Waals surface area contributed by atoms with Crippen molar-refractivity contribution in [3.63, 3.8) is 0 Å². The molecule has 20 heavy (non-hydrogen) atoms. The van der Waals surface area contributed by atoms with E-state index in [0.29, 0.717) is 6.10 Å². The lowest BCUT2D eigenvalue weighted by Crippen LogP contribution is -2.39. The van der Waals surface area contributed by atoms with Crippen LogP contribution < -0.4 is 0 Å². The summed E-state index contributed by atoms with van der Waals surface area (Å²) in [7, 11) is 2.24. The fourth-order valence-corrected chi connectivity index (χ4v) is 6.87. The Labute approximate surface area is 132 Å². The smallest absolute Gasteiger partial charge is 0.461 e. The Morgan fingerprint density at radius 2 is 1.55 bits per heavy atom. The van der Waals surface area contributed by atoms with Gasteiger partial charge in [0, 0.05) is 6.10 Å². The Balaban J connectivity index is 2.53. The number of piperidine rings is 1. The predicted molar refractivity (Wildman–Crippen MR) is 90.4 cm³/mol. The zero-order chi connectivity index (χ0) is 15.1. The van der Waals surface area contributed by atoms with Crippen molar-refractivity contribution in [2.45, 2.75) is 70.6 Å². The third-order valence-corrected chi connectivity index (χ3v) is 8.20. The van der Waals surface area contributed by atoms with E-state index in [-0.39, 0.29) is 0 Å². The second-order valence-electron chi connectivity index (χ2n) is 7.60. The third-order valence-electron chi connectivity index (χ3n) is 4.53. The SMILES string of the molecule is CCC([O][Al]([CH2]C(C)C)[CH2]C(C)C)C1CCN(C)CC1. The van der Waals surface area contributed by atoms with Crippen molar-refractivity contribution in [3.05, 3.63) is 0 Å². The van der Waals surface area contributed by atoms with Gasteiger partial charge in [-0.2, -0.15) is 0 Å². The van der Waals surface area contributed by atoms with Crippen LogP contribution in [0.5, 0.6) is 0 Å². The number of hydrogen-bond acceptors (Lipinski definition) is 2. The van der Waals surface area contributed by atoms with Crippen molar-refractivity contribution >= 4 is 14.5 Å². The maximum absolute atomic E-state index is 6.72. The average Bonchev–Trinajstić information content (AvgIpc) is 2.35. The van der Waals surface area contributed by atoms with Crippen molar-refractivity contribution in [2.24, 2.45) is 17.8 Å².